The minimum atomic E-state index is -0.0180. The van der Waals surface area contributed by atoms with Gasteiger partial charge in [0.15, 0.2) is 0 Å². The van der Waals surface area contributed by atoms with Crippen molar-refractivity contribution in [3.05, 3.63) is 69.7 Å². The van der Waals surface area contributed by atoms with Crippen molar-refractivity contribution in [3.63, 3.8) is 0 Å². The summed E-state index contributed by atoms with van der Waals surface area (Å²) in [7, 11) is 0. The quantitative estimate of drug-likeness (QED) is 0.795. The average Bonchev–Trinajstić information content (AvgIpc) is 2.55. The Balaban J connectivity index is 1.77. The summed E-state index contributed by atoms with van der Waals surface area (Å²) in [6, 6.07) is 17.5. The van der Waals surface area contributed by atoms with Gasteiger partial charge in [0.05, 0.1) is 23.4 Å². The average molecular weight is 389 g/mol. The number of halogens is 1. The predicted molar refractivity (Wildman–Crippen MR) is 98.0 cm³/mol. The van der Waals surface area contributed by atoms with Crippen LogP contribution in [-0.4, -0.2) is 11.7 Å². The Hall–Kier alpha value is -1.77. The first kappa shape index (κ1) is 17.6. The number of hydrogen-bond donors (Lipinski definition) is 1. The van der Waals surface area contributed by atoms with Gasteiger partial charge in [0.25, 0.3) is 0 Å². The van der Waals surface area contributed by atoms with E-state index in [4.69, 9.17) is 5.26 Å². The molecule has 1 amide bonds. The number of carbonyl (C=O) groups is 1. The highest BCUT2D eigenvalue weighted by Gasteiger charge is 2.09. The first-order valence-corrected chi connectivity index (χ1v) is 9.15. The molecule has 0 saturated carbocycles. The van der Waals surface area contributed by atoms with Crippen LogP contribution < -0.4 is 5.32 Å². The third-order valence-electron chi connectivity index (χ3n) is 3.31. The fourth-order valence-corrected chi connectivity index (χ4v) is 3.30. The number of hydrogen-bond acceptors (Lipinski definition) is 3. The Morgan fingerprint density at radius 2 is 2.04 bits per heavy atom. The Kier molecular flexibility index (Phi) is 6.69. The molecule has 5 heteroatoms. The van der Waals surface area contributed by atoms with E-state index in [1.807, 2.05) is 43.3 Å². The van der Waals surface area contributed by atoms with Crippen molar-refractivity contribution in [2.24, 2.45) is 0 Å². The highest BCUT2D eigenvalue weighted by Crippen LogP contribution is 2.18. The fourth-order valence-electron chi connectivity index (χ4n) is 2.08. The zero-order valence-electron chi connectivity index (χ0n) is 12.8. The lowest BCUT2D eigenvalue weighted by molar-refractivity contribution is -0.119. The van der Waals surface area contributed by atoms with Gasteiger partial charge in [0, 0.05) is 10.2 Å². The van der Waals surface area contributed by atoms with Crippen LogP contribution in [0, 0.1) is 11.3 Å². The molecular formula is C18H17BrN2OS. The van der Waals surface area contributed by atoms with Crippen molar-refractivity contribution in [2.75, 3.05) is 5.75 Å². The maximum Gasteiger partial charge on any atom is 0.230 e. The lowest BCUT2D eigenvalue weighted by atomic mass is 10.1. The molecule has 1 N–H and O–H groups in total. The minimum absolute atomic E-state index is 0.0180. The van der Waals surface area contributed by atoms with E-state index in [2.05, 4.69) is 27.3 Å². The summed E-state index contributed by atoms with van der Waals surface area (Å²) >= 11 is 5.00. The molecular weight excluding hydrogens is 372 g/mol. The molecule has 0 aromatic heterocycles. The molecule has 0 aliphatic rings. The Bertz CT molecular complexity index is 710. The van der Waals surface area contributed by atoms with Crippen molar-refractivity contribution < 1.29 is 4.79 Å². The van der Waals surface area contributed by atoms with Crippen LogP contribution in [0.3, 0.4) is 0 Å². The smallest absolute Gasteiger partial charge is 0.230 e. The minimum Gasteiger partial charge on any atom is -0.349 e. The molecule has 0 radical (unpaired) electrons. The summed E-state index contributed by atoms with van der Waals surface area (Å²) < 4.78 is 1.01. The lowest BCUT2D eigenvalue weighted by Crippen LogP contribution is -2.28. The Labute approximate surface area is 149 Å². The number of carbonyl (C=O) groups excluding carboxylic acids is 1. The third kappa shape index (κ3) is 5.74. The second-order valence-corrected chi connectivity index (χ2v) is 7.05. The molecule has 3 nitrogen and oxygen atoms in total. The van der Waals surface area contributed by atoms with E-state index < -0.39 is 0 Å². The monoisotopic (exact) mass is 388 g/mol. The zero-order valence-corrected chi connectivity index (χ0v) is 15.2. The van der Waals surface area contributed by atoms with Gasteiger partial charge in [0.2, 0.25) is 5.91 Å². The largest absolute Gasteiger partial charge is 0.349 e. The molecule has 0 bridgehead atoms. The van der Waals surface area contributed by atoms with Gasteiger partial charge in [-0.15, -0.1) is 11.8 Å². The topological polar surface area (TPSA) is 52.9 Å². The molecule has 1 unspecified atom stereocenters. The van der Waals surface area contributed by atoms with Crippen molar-refractivity contribution in [1.82, 2.24) is 5.32 Å². The van der Waals surface area contributed by atoms with Crippen LogP contribution in [-0.2, 0) is 10.5 Å². The summed E-state index contributed by atoms with van der Waals surface area (Å²) in [5.41, 5.74) is 2.84. The molecule has 2 aromatic carbocycles. The number of amides is 1. The molecule has 0 spiro atoms. The molecule has 2 aromatic rings. The van der Waals surface area contributed by atoms with E-state index in [-0.39, 0.29) is 11.9 Å². The van der Waals surface area contributed by atoms with Gasteiger partial charge in [-0.1, -0.05) is 40.2 Å². The highest BCUT2D eigenvalue weighted by molar-refractivity contribution is 9.10. The Morgan fingerprint density at radius 3 is 2.70 bits per heavy atom. The van der Waals surface area contributed by atoms with Crippen molar-refractivity contribution in [2.45, 2.75) is 18.7 Å². The molecule has 118 valence electrons. The van der Waals surface area contributed by atoms with E-state index in [1.165, 1.54) is 0 Å². The lowest BCUT2D eigenvalue weighted by Gasteiger charge is -2.14. The number of benzene rings is 2. The summed E-state index contributed by atoms with van der Waals surface area (Å²) in [6.45, 7) is 1.98. The normalized spacial score (nSPS) is 11.5. The van der Waals surface area contributed by atoms with Crippen LogP contribution in [0.15, 0.2) is 53.0 Å². The van der Waals surface area contributed by atoms with E-state index in [0.717, 1.165) is 21.4 Å². The second kappa shape index (κ2) is 8.76. The summed E-state index contributed by atoms with van der Waals surface area (Å²) in [6.07, 6.45) is 0. The molecule has 2 rings (SSSR count). The SMILES string of the molecule is CC(NC(=O)CSCc1ccc(C#N)cc1)c1cccc(Br)c1. The fraction of sp³-hybridized carbons (Fsp3) is 0.222. The van der Waals surface area contributed by atoms with Crippen LogP contribution >= 0.6 is 27.7 Å². The van der Waals surface area contributed by atoms with Gasteiger partial charge in [-0.25, -0.2) is 0 Å². The van der Waals surface area contributed by atoms with Gasteiger partial charge in [-0.05, 0) is 42.3 Å². The van der Waals surface area contributed by atoms with Crippen LogP contribution in [0.5, 0.6) is 0 Å². The molecule has 0 aliphatic heterocycles. The van der Waals surface area contributed by atoms with Crippen LogP contribution in [0.25, 0.3) is 0 Å². The number of nitrogens with zero attached hydrogens (tertiary/aromatic N) is 1. The van der Waals surface area contributed by atoms with Gasteiger partial charge in [0.1, 0.15) is 0 Å². The number of rotatable bonds is 6. The molecule has 0 aliphatic carbocycles. The molecule has 0 heterocycles. The number of nitrogens with one attached hydrogen (secondary N) is 1. The van der Waals surface area contributed by atoms with Crippen LogP contribution in [0.2, 0.25) is 0 Å². The van der Waals surface area contributed by atoms with Crippen molar-refractivity contribution >= 4 is 33.6 Å². The van der Waals surface area contributed by atoms with E-state index in [9.17, 15) is 4.79 Å². The standard InChI is InChI=1S/C18H17BrN2OS/c1-13(16-3-2-4-17(19)9-16)21-18(22)12-23-11-15-7-5-14(10-20)6-8-15/h2-9,13H,11-12H2,1H3,(H,21,22). The molecule has 1 atom stereocenters. The van der Waals surface area contributed by atoms with Gasteiger partial charge in [-0.3, -0.25) is 4.79 Å². The number of nitriles is 1. The predicted octanol–water partition coefficient (Wildman–Crippen LogP) is 4.43. The van der Waals surface area contributed by atoms with Gasteiger partial charge < -0.3 is 5.32 Å². The van der Waals surface area contributed by atoms with E-state index >= 15 is 0 Å². The van der Waals surface area contributed by atoms with E-state index in [0.29, 0.717) is 11.3 Å². The second-order valence-electron chi connectivity index (χ2n) is 5.15. The first-order valence-electron chi connectivity index (χ1n) is 7.20. The van der Waals surface area contributed by atoms with Crippen LogP contribution in [0.1, 0.15) is 29.7 Å². The summed E-state index contributed by atoms with van der Waals surface area (Å²) in [4.78, 5) is 12.0. The summed E-state index contributed by atoms with van der Waals surface area (Å²) in [5.74, 6) is 1.19. The summed E-state index contributed by atoms with van der Waals surface area (Å²) in [5, 5.41) is 11.8. The first-order chi connectivity index (χ1) is 11.1. The molecule has 0 fully saturated rings. The Morgan fingerprint density at radius 1 is 1.30 bits per heavy atom. The molecule has 23 heavy (non-hydrogen) atoms. The highest BCUT2D eigenvalue weighted by atomic mass is 79.9. The molecule has 0 saturated heterocycles. The van der Waals surface area contributed by atoms with Crippen molar-refractivity contribution in [1.29, 1.82) is 5.26 Å². The van der Waals surface area contributed by atoms with Gasteiger partial charge >= 0.3 is 0 Å². The van der Waals surface area contributed by atoms with Gasteiger partial charge in [-0.2, -0.15) is 5.26 Å². The van der Waals surface area contributed by atoms with E-state index in [1.54, 1.807) is 23.9 Å². The maximum absolute atomic E-state index is 12.0. The third-order valence-corrected chi connectivity index (χ3v) is 4.81. The maximum atomic E-state index is 12.0. The zero-order chi connectivity index (χ0) is 16.7. The number of thioether (sulfide) groups is 1. The van der Waals surface area contributed by atoms with Crippen molar-refractivity contribution in [3.8, 4) is 6.07 Å². The van der Waals surface area contributed by atoms with Crippen LogP contribution in [0.4, 0.5) is 0 Å².